The minimum Gasteiger partial charge on any atom is -0.490 e. The molecule has 8 heteroatoms. The zero-order valence-electron chi connectivity index (χ0n) is 20.4. The zero-order valence-corrected chi connectivity index (χ0v) is 21.2. The summed E-state index contributed by atoms with van der Waals surface area (Å²) < 4.78 is 16.6. The first-order valence-electron chi connectivity index (χ1n) is 11.1. The van der Waals surface area contributed by atoms with Gasteiger partial charge in [0.25, 0.3) is 0 Å². The number of esters is 1. The quantitative estimate of drug-likeness (QED) is 0.353. The summed E-state index contributed by atoms with van der Waals surface area (Å²) in [6.45, 7) is 12.2. The maximum absolute atomic E-state index is 12.6. The van der Waals surface area contributed by atoms with Crippen LogP contribution in [-0.2, 0) is 16.1 Å². The molecule has 0 spiro atoms. The fourth-order valence-electron chi connectivity index (χ4n) is 3.78. The van der Waals surface area contributed by atoms with Crippen LogP contribution in [0.4, 0.5) is 10.8 Å². The summed E-state index contributed by atoms with van der Waals surface area (Å²) >= 11 is 1.33. The fourth-order valence-corrected chi connectivity index (χ4v) is 4.64. The smallest absolute Gasteiger partial charge is 0.338 e. The van der Waals surface area contributed by atoms with Crippen LogP contribution in [0.2, 0.25) is 0 Å². The molecule has 0 bridgehead atoms. The highest BCUT2D eigenvalue weighted by Crippen LogP contribution is 2.35. The van der Waals surface area contributed by atoms with E-state index in [1.807, 2.05) is 46.8 Å². The van der Waals surface area contributed by atoms with Crippen molar-refractivity contribution in [2.24, 2.45) is 0 Å². The van der Waals surface area contributed by atoms with E-state index in [1.54, 1.807) is 28.5 Å². The van der Waals surface area contributed by atoms with E-state index in [-0.39, 0.29) is 12.5 Å². The number of carbonyl (C=O) groups excluding carboxylic acids is 2. The van der Waals surface area contributed by atoms with Gasteiger partial charge in [-0.05, 0) is 63.9 Å². The van der Waals surface area contributed by atoms with Gasteiger partial charge in [-0.15, -0.1) is 11.3 Å². The molecule has 180 valence electrons. The molecule has 3 rings (SSSR count). The molecule has 0 aliphatic carbocycles. The Bertz CT molecular complexity index is 1160. The van der Waals surface area contributed by atoms with Crippen molar-refractivity contribution in [3.05, 3.63) is 63.7 Å². The Morgan fingerprint density at radius 2 is 1.62 bits per heavy atom. The van der Waals surface area contributed by atoms with Crippen molar-refractivity contribution in [3.63, 3.8) is 0 Å². The van der Waals surface area contributed by atoms with E-state index in [0.29, 0.717) is 41.1 Å². The number of hydrogen-bond donors (Lipinski definition) is 0. The second kappa shape index (κ2) is 11.2. The molecule has 0 aliphatic rings. The summed E-state index contributed by atoms with van der Waals surface area (Å²) in [7, 11) is 0. The van der Waals surface area contributed by atoms with Crippen molar-refractivity contribution in [2.75, 3.05) is 18.1 Å². The van der Waals surface area contributed by atoms with Crippen LogP contribution >= 0.6 is 11.3 Å². The van der Waals surface area contributed by atoms with E-state index >= 15 is 0 Å². The molecule has 0 saturated heterocycles. The van der Waals surface area contributed by atoms with Gasteiger partial charge in [-0.1, -0.05) is 17.7 Å². The number of aryl methyl sites for hydroxylation is 3. The summed E-state index contributed by atoms with van der Waals surface area (Å²) in [5, 5.41) is 2.33. The molecule has 3 aromatic rings. The summed E-state index contributed by atoms with van der Waals surface area (Å²) in [4.78, 5) is 31.3. The highest BCUT2D eigenvalue weighted by molar-refractivity contribution is 7.14. The second-order valence-corrected chi connectivity index (χ2v) is 8.66. The number of nitrogens with zero attached hydrogens (tertiary/aromatic N) is 2. The van der Waals surface area contributed by atoms with E-state index in [2.05, 4.69) is 4.98 Å². The van der Waals surface area contributed by atoms with E-state index < -0.39 is 5.97 Å². The molecule has 1 amide bonds. The summed E-state index contributed by atoms with van der Waals surface area (Å²) in [6, 6.07) is 9.04. The Balaban J connectivity index is 1.76. The predicted molar refractivity (Wildman–Crippen MR) is 133 cm³/mol. The maximum Gasteiger partial charge on any atom is 0.338 e. The van der Waals surface area contributed by atoms with Gasteiger partial charge >= 0.3 is 5.97 Å². The van der Waals surface area contributed by atoms with Gasteiger partial charge in [0, 0.05) is 12.3 Å². The molecule has 0 radical (unpaired) electrons. The maximum atomic E-state index is 12.6. The molecular weight excluding hydrogens is 452 g/mol. The lowest BCUT2D eigenvalue weighted by Gasteiger charge is -2.23. The van der Waals surface area contributed by atoms with E-state index in [0.717, 1.165) is 22.4 Å². The van der Waals surface area contributed by atoms with Crippen LogP contribution < -0.4 is 14.4 Å². The average molecular weight is 483 g/mol. The fraction of sp³-hybridized carbons (Fsp3) is 0.346. The van der Waals surface area contributed by atoms with Gasteiger partial charge in [0.2, 0.25) is 5.91 Å². The average Bonchev–Trinajstić information content (AvgIpc) is 3.24. The molecule has 1 aromatic heterocycles. The Morgan fingerprint density at radius 1 is 0.971 bits per heavy atom. The van der Waals surface area contributed by atoms with Crippen LogP contribution in [0.25, 0.3) is 0 Å². The molecule has 0 saturated carbocycles. The highest BCUT2D eigenvalue weighted by Gasteiger charge is 2.22. The molecule has 2 aromatic carbocycles. The van der Waals surface area contributed by atoms with Crippen LogP contribution in [0.1, 0.15) is 53.5 Å². The molecule has 34 heavy (non-hydrogen) atoms. The predicted octanol–water partition coefficient (Wildman–Crippen LogP) is 5.91. The molecule has 0 atom stereocenters. The number of aromatic nitrogens is 1. The van der Waals surface area contributed by atoms with Crippen molar-refractivity contribution in [2.45, 2.75) is 48.1 Å². The molecule has 0 unspecified atom stereocenters. The second-order valence-electron chi connectivity index (χ2n) is 7.83. The van der Waals surface area contributed by atoms with Crippen LogP contribution in [0, 0.1) is 20.8 Å². The first-order chi connectivity index (χ1) is 16.2. The van der Waals surface area contributed by atoms with E-state index in [1.165, 1.54) is 18.3 Å². The van der Waals surface area contributed by atoms with Gasteiger partial charge in [0.15, 0.2) is 16.6 Å². The minimum absolute atomic E-state index is 0.00980. The Hall–Kier alpha value is -3.39. The highest BCUT2D eigenvalue weighted by atomic mass is 32.1. The minimum atomic E-state index is -0.493. The molecule has 7 nitrogen and oxygen atoms in total. The number of benzene rings is 2. The largest absolute Gasteiger partial charge is 0.490 e. The van der Waals surface area contributed by atoms with Crippen LogP contribution in [0.3, 0.4) is 0 Å². The summed E-state index contributed by atoms with van der Waals surface area (Å²) in [5.41, 5.74) is 4.88. The first kappa shape index (κ1) is 25.2. The summed E-state index contributed by atoms with van der Waals surface area (Å²) in [5.74, 6) is 0.449. The van der Waals surface area contributed by atoms with Crippen molar-refractivity contribution >= 4 is 34.0 Å². The van der Waals surface area contributed by atoms with E-state index in [4.69, 9.17) is 14.2 Å². The number of thiazole rings is 1. The molecule has 0 aliphatic heterocycles. The number of carbonyl (C=O) groups is 2. The number of ether oxygens (including phenoxy) is 3. The SMILES string of the molecule is CCOc1ccc(C(=O)OCc2csc(N(C(C)=O)c3c(C)cc(C)cc3C)n2)cc1OCC. The lowest BCUT2D eigenvalue weighted by atomic mass is 10.0. The normalized spacial score (nSPS) is 10.6. The Morgan fingerprint density at radius 3 is 2.24 bits per heavy atom. The lowest BCUT2D eigenvalue weighted by Crippen LogP contribution is -2.24. The molecular formula is C26H30N2O5S. The van der Waals surface area contributed by atoms with Crippen molar-refractivity contribution < 1.29 is 23.8 Å². The number of hydrogen-bond acceptors (Lipinski definition) is 7. The van der Waals surface area contributed by atoms with Crippen molar-refractivity contribution in [3.8, 4) is 11.5 Å². The van der Waals surface area contributed by atoms with Crippen LogP contribution in [0.15, 0.2) is 35.7 Å². The Kier molecular flexibility index (Phi) is 8.28. The zero-order chi connectivity index (χ0) is 24.8. The third-order valence-corrected chi connectivity index (χ3v) is 5.91. The van der Waals surface area contributed by atoms with Gasteiger partial charge < -0.3 is 14.2 Å². The number of rotatable bonds is 9. The van der Waals surface area contributed by atoms with E-state index in [9.17, 15) is 9.59 Å². The van der Waals surface area contributed by atoms with Gasteiger partial charge in [-0.3, -0.25) is 9.69 Å². The van der Waals surface area contributed by atoms with Crippen LogP contribution in [0.5, 0.6) is 11.5 Å². The monoisotopic (exact) mass is 482 g/mol. The summed E-state index contributed by atoms with van der Waals surface area (Å²) in [6.07, 6.45) is 0. The number of anilines is 2. The third kappa shape index (κ3) is 5.75. The van der Waals surface area contributed by atoms with Gasteiger partial charge in [-0.2, -0.15) is 0 Å². The third-order valence-electron chi connectivity index (χ3n) is 5.04. The van der Waals surface area contributed by atoms with Gasteiger partial charge in [-0.25, -0.2) is 9.78 Å². The van der Waals surface area contributed by atoms with Crippen LogP contribution in [-0.4, -0.2) is 30.1 Å². The van der Waals surface area contributed by atoms with Gasteiger partial charge in [0.05, 0.1) is 30.2 Å². The Labute approximate surface area is 204 Å². The van der Waals surface area contributed by atoms with Crippen molar-refractivity contribution in [1.82, 2.24) is 4.98 Å². The first-order valence-corrected chi connectivity index (χ1v) is 12.0. The van der Waals surface area contributed by atoms with Gasteiger partial charge in [0.1, 0.15) is 6.61 Å². The standard InChI is InChI=1S/C26H30N2O5S/c1-7-31-22-10-9-20(13-23(22)32-8-2)25(30)33-14-21-15-34-26(27-21)28(19(6)29)24-17(4)11-16(3)12-18(24)5/h9-13,15H,7-8,14H2,1-6H3. The molecule has 1 heterocycles. The molecule has 0 fully saturated rings. The topological polar surface area (TPSA) is 78.0 Å². The lowest BCUT2D eigenvalue weighted by molar-refractivity contribution is -0.115. The molecule has 0 N–H and O–H groups in total. The van der Waals surface area contributed by atoms with Crippen molar-refractivity contribution in [1.29, 1.82) is 0 Å². The number of amides is 1.